The van der Waals surface area contributed by atoms with Gasteiger partial charge >= 0.3 is 0 Å². The van der Waals surface area contributed by atoms with Crippen LogP contribution < -0.4 is 10.6 Å². The number of anilines is 1. The molecular weight excluding hydrogens is 700 g/mol. The van der Waals surface area contributed by atoms with Crippen molar-refractivity contribution in [2.75, 3.05) is 11.9 Å². The highest BCUT2D eigenvalue weighted by Crippen LogP contribution is 2.64. The average molecular weight is 742 g/mol. The van der Waals surface area contributed by atoms with Gasteiger partial charge in [-0.1, -0.05) is 19.8 Å². The number of aryl methyl sites for hydroxylation is 3. The van der Waals surface area contributed by atoms with Gasteiger partial charge in [-0.3, -0.25) is 23.9 Å². The summed E-state index contributed by atoms with van der Waals surface area (Å²) in [5, 5.41) is 11.5. The molecule has 1 aromatic carbocycles. The number of amides is 3. The zero-order valence-electron chi connectivity index (χ0n) is 28.8. The Morgan fingerprint density at radius 2 is 1.74 bits per heavy atom. The summed E-state index contributed by atoms with van der Waals surface area (Å²) in [6.45, 7) is 7.56. The molecule has 3 amide bonds. The van der Waals surface area contributed by atoms with E-state index in [0.717, 1.165) is 53.5 Å². The number of rotatable bonds is 4. The fraction of sp³-hybridized carbons (Fsp3) is 0.459. The highest BCUT2D eigenvalue weighted by molar-refractivity contribution is 9.10. The average Bonchev–Trinajstić information content (AvgIpc) is 3.33. The summed E-state index contributed by atoms with van der Waals surface area (Å²) in [5.74, 6) is 0.329. The van der Waals surface area contributed by atoms with Gasteiger partial charge in [-0.25, -0.2) is 15.0 Å². The quantitative estimate of drug-likeness (QED) is 0.210. The van der Waals surface area contributed by atoms with Crippen LogP contribution in [0.4, 0.5) is 5.82 Å². The number of nitrogens with zero attached hydrogens (tertiary/aromatic N) is 6. The van der Waals surface area contributed by atoms with E-state index in [-0.39, 0.29) is 42.0 Å². The maximum atomic E-state index is 14.6. The predicted octanol–water partition coefficient (Wildman–Crippen LogP) is 5.34. The van der Waals surface area contributed by atoms with E-state index in [4.69, 9.17) is 5.10 Å². The molecule has 2 unspecified atom stereocenters. The summed E-state index contributed by atoms with van der Waals surface area (Å²) < 4.78 is 2.25. The minimum atomic E-state index is -0.776. The Balaban J connectivity index is 1.30. The Hall–Kier alpha value is -4.52. The molecule has 2 bridgehead atoms. The van der Waals surface area contributed by atoms with E-state index in [1.165, 1.54) is 6.92 Å². The molecule has 7 rings (SSSR count). The Morgan fingerprint density at radius 3 is 2.46 bits per heavy atom. The first-order chi connectivity index (χ1) is 23.9. The second kappa shape index (κ2) is 13.3. The number of pyridine rings is 1. The Bertz CT molecular complexity index is 2010. The monoisotopic (exact) mass is 740 g/mol. The van der Waals surface area contributed by atoms with Gasteiger partial charge < -0.3 is 15.5 Å². The van der Waals surface area contributed by atoms with Crippen LogP contribution in [-0.2, 0) is 27.3 Å². The molecule has 0 radical (unpaired) electrons. The first-order valence-corrected chi connectivity index (χ1v) is 18.1. The molecule has 0 spiro atoms. The molecule has 1 saturated heterocycles. The molecule has 3 aliphatic rings. The smallest absolute Gasteiger partial charge is 0.248 e. The maximum Gasteiger partial charge on any atom is 0.248 e. The van der Waals surface area contributed by atoms with Gasteiger partial charge in [-0.15, -0.1) is 0 Å². The summed E-state index contributed by atoms with van der Waals surface area (Å²) in [4.78, 5) is 69.4. The van der Waals surface area contributed by atoms with Crippen LogP contribution in [0.15, 0.2) is 41.3 Å². The van der Waals surface area contributed by atoms with E-state index in [1.807, 2.05) is 26.0 Å². The molecule has 4 aromatic rings. The van der Waals surface area contributed by atoms with Crippen LogP contribution >= 0.6 is 15.9 Å². The van der Waals surface area contributed by atoms with Gasteiger partial charge in [-0.05, 0) is 102 Å². The zero-order chi connectivity index (χ0) is 35.3. The third-order valence-electron chi connectivity index (χ3n) is 10.7. The number of nitrogens with one attached hydrogen (secondary N) is 2. The summed E-state index contributed by atoms with van der Waals surface area (Å²) in [7, 11) is 0. The highest BCUT2D eigenvalue weighted by atomic mass is 79.9. The van der Waals surface area contributed by atoms with Crippen LogP contribution in [0.3, 0.4) is 0 Å². The highest BCUT2D eigenvalue weighted by Gasteiger charge is 2.72. The van der Waals surface area contributed by atoms with Crippen LogP contribution in [0, 0.1) is 25.2 Å². The molecular formula is C37H41BrN8O4. The van der Waals surface area contributed by atoms with Gasteiger partial charge in [0.2, 0.25) is 17.7 Å². The lowest BCUT2D eigenvalue weighted by molar-refractivity contribution is -0.139. The van der Waals surface area contributed by atoms with Crippen molar-refractivity contribution in [1.82, 2.24) is 34.9 Å². The van der Waals surface area contributed by atoms with Gasteiger partial charge in [0.05, 0.1) is 5.52 Å². The third-order valence-corrected chi connectivity index (χ3v) is 11.1. The topological polar surface area (TPSA) is 152 Å². The van der Waals surface area contributed by atoms with Crippen molar-refractivity contribution in [3.8, 4) is 11.1 Å². The number of benzene rings is 1. The Kier molecular flexibility index (Phi) is 9.04. The second-order valence-electron chi connectivity index (χ2n) is 14.1. The van der Waals surface area contributed by atoms with Crippen LogP contribution in [0.2, 0.25) is 0 Å². The number of piperidine rings is 1. The molecule has 12 nitrogen and oxygen atoms in total. The lowest BCUT2D eigenvalue weighted by Crippen LogP contribution is -2.47. The molecule has 2 fully saturated rings. The van der Waals surface area contributed by atoms with Crippen LogP contribution in [-0.4, -0.2) is 71.8 Å². The standard InChI is InChI=1S/C37H41BrN8O4/c1-20-11-29(38)42-30(12-20)43-36(50)28-15-37-19-41-31(48)10-8-6-5-7-9-24-13-25(26-16-39-23(4)40-17-26)14-27-33(22(3)47)44-45(34(24)27)18-32(49)46(28)35(37)21(37)2/h11-14,16-17,21,28,35H,5-10,15,18-19H2,1-4H3,(H,41,48)(H,42,43,50)/t21?,28-,35?,37+/m0/s1. The van der Waals surface area contributed by atoms with E-state index < -0.39 is 11.5 Å². The number of aromatic nitrogens is 5. The molecule has 3 aromatic heterocycles. The summed E-state index contributed by atoms with van der Waals surface area (Å²) in [6, 6.07) is 6.64. The summed E-state index contributed by atoms with van der Waals surface area (Å²) in [5.41, 5.74) is 4.19. The van der Waals surface area contributed by atoms with E-state index >= 15 is 0 Å². The summed E-state index contributed by atoms with van der Waals surface area (Å²) in [6.07, 6.45) is 8.54. The van der Waals surface area contributed by atoms with Crippen molar-refractivity contribution < 1.29 is 19.2 Å². The SMILES string of the molecule is CC(=O)c1nn2c3c(cc(-c4cnc(C)nc4)cc13)CCCCCCC(=O)NC[C@@]13C[C@@H](C(=O)Nc4cc(C)cc(Br)n4)N(C(=O)C2)C1C3C. The van der Waals surface area contributed by atoms with Gasteiger partial charge in [-0.2, -0.15) is 5.10 Å². The normalized spacial score (nSPS) is 24.0. The number of Topliss-reactive ketones (excluding diaryl/α,β-unsaturated/α-hetero) is 1. The van der Waals surface area contributed by atoms with Crippen LogP contribution in [0.1, 0.15) is 79.8 Å². The number of halogens is 1. The van der Waals surface area contributed by atoms with Crippen LogP contribution in [0.25, 0.3) is 22.0 Å². The van der Waals surface area contributed by atoms with E-state index in [2.05, 4.69) is 54.5 Å². The van der Waals surface area contributed by atoms with Crippen molar-refractivity contribution in [2.24, 2.45) is 11.3 Å². The molecule has 50 heavy (non-hydrogen) atoms. The molecule has 260 valence electrons. The number of hydrogen-bond acceptors (Lipinski definition) is 8. The predicted molar refractivity (Wildman–Crippen MR) is 191 cm³/mol. The van der Waals surface area contributed by atoms with Gasteiger partial charge in [0, 0.05) is 54.7 Å². The van der Waals surface area contributed by atoms with Crippen LogP contribution in [0.5, 0.6) is 0 Å². The fourth-order valence-corrected chi connectivity index (χ4v) is 8.68. The van der Waals surface area contributed by atoms with E-state index in [0.29, 0.717) is 53.1 Å². The number of hydrogen-bond donors (Lipinski definition) is 2. The van der Waals surface area contributed by atoms with E-state index in [1.54, 1.807) is 28.0 Å². The number of carbonyl (C=O) groups is 4. The maximum absolute atomic E-state index is 14.6. The first-order valence-electron chi connectivity index (χ1n) is 17.3. The van der Waals surface area contributed by atoms with Crippen molar-refractivity contribution in [1.29, 1.82) is 0 Å². The molecule has 4 atom stereocenters. The molecule has 1 aliphatic carbocycles. The van der Waals surface area contributed by atoms with Gasteiger partial charge in [0.1, 0.15) is 34.5 Å². The lowest BCUT2D eigenvalue weighted by Gasteiger charge is -2.28. The van der Waals surface area contributed by atoms with Crippen molar-refractivity contribution in [3.05, 3.63) is 63.9 Å². The van der Waals surface area contributed by atoms with Gasteiger partial charge in [0.25, 0.3) is 0 Å². The summed E-state index contributed by atoms with van der Waals surface area (Å²) >= 11 is 3.40. The van der Waals surface area contributed by atoms with E-state index in [9.17, 15) is 19.2 Å². The minimum absolute atomic E-state index is 0.00671. The molecule has 5 heterocycles. The lowest BCUT2D eigenvalue weighted by atomic mass is 9.95. The van der Waals surface area contributed by atoms with Gasteiger partial charge in [0.15, 0.2) is 5.78 Å². The largest absolute Gasteiger partial charge is 0.355 e. The second-order valence-corrected chi connectivity index (χ2v) is 14.9. The minimum Gasteiger partial charge on any atom is -0.355 e. The Morgan fingerprint density at radius 1 is 1.00 bits per heavy atom. The molecule has 2 N–H and O–H groups in total. The third kappa shape index (κ3) is 6.31. The zero-order valence-corrected chi connectivity index (χ0v) is 30.3. The Labute approximate surface area is 299 Å². The molecule has 1 saturated carbocycles. The van der Waals surface area contributed by atoms with Crippen molar-refractivity contribution >= 4 is 56.2 Å². The molecule has 13 heteroatoms. The van der Waals surface area contributed by atoms with Crippen molar-refractivity contribution in [3.63, 3.8) is 0 Å². The molecule has 2 aliphatic heterocycles. The number of carbonyl (C=O) groups excluding carboxylic acids is 4. The number of ketones is 1. The fourth-order valence-electron chi connectivity index (χ4n) is 8.13. The first kappa shape index (κ1) is 34.0. The van der Waals surface area contributed by atoms with Crippen molar-refractivity contribution in [2.45, 2.75) is 91.3 Å².